The zero-order valence-electron chi connectivity index (χ0n) is 49.6. The van der Waals surface area contributed by atoms with Gasteiger partial charge in [-0.1, -0.05) is 224 Å². The van der Waals surface area contributed by atoms with Gasteiger partial charge in [0.15, 0.2) is 0 Å². The summed E-state index contributed by atoms with van der Waals surface area (Å²) in [5.41, 5.74) is 21.6. The van der Waals surface area contributed by atoms with E-state index in [1.807, 2.05) is 0 Å². The summed E-state index contributed by atoms with van der Waals surface area (Å²) in [6.07, 6.45) is 0. The fourth-order valence-electron chi connectivity index (χ4n) is 14.4. The van der Waals surface area contributed by atoms with Crippen LogP contribution in [0.4, 0.5) is 0 Å². The number of hydrogen-bond acceptors (Lipinski definition) is 2. The lowest BCUT2D eigenvalue weighted by atomic mass is 9.35. The molecule has 87 heavy (non-hydrogen) atoms. The van der Waals surface area contributed by atoms with Crippen LogP contribution in [0.25, 0.3) is 121 Å². The van der Waals surface area contributed by atoms with E-state index in [2.05, 4.69) is 312 Å². The van der Waals surface area contributed by atoms with Crippen LogP contribution in [0.3, 0.4) is 0 Å². The minimum absolute atomic E-state index is 0.0854. The second kappa shape index (κ2) is 19.1. The van der Waals surface area contributed by atoms with Crippen molar-refractivity contribution in [3.63, 3.8) is 0 Å². The number of rotatable bonds is 6. The van der Waals surface area contributed by atoms with Gasteiger partial charge in [0, 0.05) is 50.5 Å². The monoisotopic (exact) mass is 1120 g/mol. The summed E-state index contributed by atoms with van der Waals surface area (Å²) in [7, 11) is 0. The Bertz CT molecular complexity index is 5000. The van der Waals surface area contributed by atoms with Gasteiger partial charge >= 0.3 is 0 Å². The van der Waals surface area contributed by atoms with Gasteiger partial charge in [-0.15, -0.1) is 0 Å². The third kappa shape index (κ3) is 8.06. The molecule has 4 heterocycles. The molecule has 0 bridgehead atoms. The summed E-state index contributed by atoms with van der Waals surface area (Å²) in [5.74, 6) is 3.23. The Morgan fingerprint density at radius 2 is 0.609 bits per heavy atom. The van der Waals surface area contributed by atoms with Crippen LogP contribution in [0.15, 0.2) is 261 Å². The minimum Gasteiger partial charge on any atom is -0.458 e. The van der Waals surface area contributed by atoms with Gasteiger partial charge in [-0.25, -0.2) is 0 Å². The third-order valence-electron chi connectivity index (χ3n) is 18.7. The van der Waals surface area contributed by atoms with Crippen LogP contribution in [-0.2, 0) is 10.8 Å². The number of aromatic nitrogens is 2. The molecule has 0 saturated heterocycles. The van der Waals surface area contributed by atoms with Gasteiger partial charge in [-0.3, -0.25) is 0 Å². The quantitative estimate of drug-likeness (QED) is 0.123. The highest BCUT2D eigenvalue weighted by Crippen LogP contribution is 2.48. The molecule has 2 aliphatic heterocycles. The molecule has 0 amide bonds. The molecule has 0 atom stereocenters. The predicted octanol–water partition coefficient (Wildman–Crippen LogP) is 20.2. The Labute approximate surface area is 507 Å². The Kier molecular flexibility index (Phi) is 11.2. The van der Waals surface area contributed by atoms with Crippen molar-refractivity contribution < 1.29 is 9.47 Å². The second-order valence-electron chi connectivity index (χ2n) is 26.0. The molecule has 414 valence electrons. The number of fused-ring (bicyclic) bond motifs is 12. The van der Waals surface area contributed by atoms with Gasteiger partial charge in [0.05, 0.1) is 22.1 Å². The summed E-state index contributed by atoms with van der Waals surface area (Å²) in [5, 5.41) is 9.74. The summed E-state index contributed by atoms with van der Waals surface area (Å²) in [4.78, 5) is 0. The van der Waals surface area contributed by atoms with Gasteiger partial charge in [-0.2, -0.15) is 0 Å². The molecule has 0 radical (unpaired) electrons. The fraction of sp³-hybridized carbons (Fsp3) is 0.0976. The Balaban J connectivity index is 0.919. The molecule has 0 N–H and O–H groups in total. The maximum Gasteiger partial charge on any atom is 0.260 e. The van der Waals surface area contributed by atoms with E-state index in [0.717, 1.165) is 95.1 Å². The molecular formula is C82H61BN2O2. The van der Waals surface area contributed by atoms with E-state index in [-0.39, 0.29) is 17.5 Å². The van der Waals surface area contributed by atoms with E-state index in [1.54, 1.807) is 0 Å². The third-order valence-corrected chi connectivity index (χ3v) is 18.7. The van der Waals surface area contributed by atoms with E-state index < -0.39 is 0 Å². The molecule has 2 aliphatic rings. The van der Waals surface area contributed by atoms with Crippen LogP contribution in [0.2, 0.25) is 0 Å². The molecule has 4 nitrogen and oxygen atoms in total. The number of hydrogen-bond donors (Lipinski definition) is 0. The molecule has 0 unspecified atom stereocenters. The smallest absolute Gasteiger partial charge is 0.260 e. The van der Waals surface area contributed by atoms with Crippen molar-refractivity contribution in [2.45, 2.75) is 52.4 Å². The topological polar surface area (TPSA) is 28.3 Å². The average Bonchev–Trinajstić information content (AvgIpc) is 1.18. The van der Waals surface area contributed by atoms with Gasteiger partial charge in [0.2, 0.25) is 0 Å². The normalized spacial score (nSPS) is 12.9. The zero-order chi connectivity index (χ0) is 58.4. The SMILES string of the molecule is CC(C)(C)c1cc(-c2cc(-c3cc4c5c(c3)Oc3cc(-n6c7ccccc7c7ccccc76)ccc3B5c3ccc(-n5c6ccccc6c6ccccc65)cc3O4)cc(-c3c4ccccc4c(-c4ccccc4)c4ccccc34)c2)cc(C(C)(C)C)c1. The maximum absolute atomic E-state index is 7.45. The summed E-state index contributed by atoms with van der Waals surface area (Å²) in [6.45, 7) is 13.8. The highest BCUT2D eigenvalue weighted by Gasteiger charge is 2.41. The molecule has 15 aromatic rings. The van der Waals surface area contributed by atoms with Crippen molar-refractivity contribution in [1.82, 2.24) is 9.13 Å². The highest BCUT2D eigenvalue weighted by molar-refractivity contribution is 6.98. The van der Waals surface area contributed by atoms with Crippen LogP contribution in [-0.4, -0.2) is 15.8 Å². The zero-order valence-corrected chi connectivity index (χ0v) is 49.6. The average molecular weight is 1120 g/mol. The lowest BCUT2D eigenvalue weighted by Crippen LogP contribution is -2.57. The molecule has 0 fully saturated rings. The lowest BCUT2D eigenvalue weighted by molar-refractivity contribution is 0.464. The number of benzene rings is 13. The molecule has 17 rings (SSSR count). The first-order chi connectivity index (χ1) is 42.4. The number of nitrogens with zero attached hydrogens (tertiary/aromatic N) is 2. The Morgan fingerprint density at radius 1 is 0.276 bits per heavy atom. The largest absolute Gasteiger partial charge is 0.458 e. The van der Waals surface area contributed by atoms with E-state index in [9.17, 15) is 0 Å². The second-order valence-corrected chi connectivity index (χ2v) is 26.0. The van der Waals surface area contributed by atoms with Crippen LogP contribution in [0.5, 0.6) is 23.0 Å². The van der Waals surface area contributed by atoms with Crippen LogP contribution >= 0.6 is 0 Å². The van der Waals surface area contributed by atoms with Crippen LogP contribution in [0.1, 0.15) is 52.7 Å². The first-order valence-corrected chi connectivity index (χ1v) is 30.5. The van der Waals surface area contributed by atoms with Crippen molar-refractivity contribution in [1.29, 1.82) is 0 Å². The van der Waals surface area contributed by atoms with Crippen LogP contribution in [0, 0.1) is 0 Å². The molecule has 2 aromatic heterocycles. The van der Waals surface area contributed by atoms with E-state index >= 15 is 0 Å². The van der Waals surface area contributed by atoms with E-state index in [0.29, 0.717) is 0 Å². The molecule has 0 saturated carbocycles. The van der Waals surface area contributed by atoms with Gasteiger partial charge in [0.1, 0.15) is 23.0 Å². The fourth-order valence-corrected chi connectivity index (χ4v) is 14.4. The first kappa shape index (κ1) is 51.1. The summed E-state index contributed by atoms with van der Waals surface area (Å²) >= 11 is 0. The van der Waals surface area contributed by atoms with E-state index in [1.165, 1.54) is 76.5 Å². The maximum atomic E-state index is 7.45. The lowest BCUT2D eigenvalue weighted by Gasteiger charge is -2.34. The molecule has 0 aliphatic carbocycles. The standard InChI is InChI=1S/C82H61BN2O2/c1-81(2,3)56-43-53(44-57(47-56)82(4,5)6)51-40-52(42-55(41-51)79-66-30-12-10-28-64(66)78(50-22-8-7-9-23-50)65-29-11-13-31-67(65)79)54-45-76-80-77(46-54)87-75-49-59(85-72-34-20-16-26-62(72)63-27-17-21-35-73(63)85)37-39-69(75)83(80)68-38-36-58(48-74(68)86-76)84-70-32-18-14-24-60(70)61-25-15-19-33-71(61)84/h7-49H,1-6H3. The van der Waals surface area contributed by atoms with Crippen LogP contribution < -0.4 is 25.9 Å². The number of para-hydroxylation sites is 4. The first-order valence-electron chi connectivity index (χ1n) is 30.5. The number of ether oxygens (including phenoxy) is 2. The van der Waals surface area contributed by atoms with Crippen molar-refractivity contribution in [2.24, 2.45) is 0 Å². The Morgan fingerprint density at radius 3 is 1.01 bits per heavy atom. The Hall–Kier alpha value is -10.4. The van der Waals surface area contributed by atoms with Crippen molar-refractivity contribution >= 4 is 88.3 Å². The predicted molar refractivity (Wildman–Crippen MR) is 367 cm³/mol. The summed E-state index contributed by atoms with van der Waals surface area (Å²) < 4.78 is 19.7. The van der Waals surface area contributed by atoms with E-state index in [4.69, 9.17) is 9.47 Å². The molecular weight excluding hydrogens is 1060 g/mol. The molecule has 0 spiro atoms. The molecule has 5 heteroatoms. The van der Waals surface area contributed by atoms with Crippen molar-refractivity contribution in [3.05, 3.63) is 272 Å². The van der Waals surface area contributed by atoms with Gasteiger partial charge in [-0.05, 0) is 166 Å². The molecule has 13 aromatic carbocycles. The minimum atomic E-state index is -0.172. The van der Waals surface area contributed by atoms with Gasteiger partial charge < -0.3 is 18.6 Å². The highest BCUT2D eigenvalue weighted by atomic mass is 16.5. The van der Waals surface area contributed by atoms with Crippen molar-refractivity contribution in [3.8, 4) is 78.9 Å². The summed E-state index contributed by atoms with van der Waals surface area (Å²) in [6, 6.07) is 96.5. The van der Waals surface area contributed by atoms with Crippen molar-refractivity contribution in [2.75, 3.05) is 0 Å². The van der Waals surface area contributed by atoms with Gasteiger partial charge in [0.25, 0.3) is 6.71 Å².